The highest BCUT2D eigenvalue weighted by atomic mass is 15.1. The molecule has 0 amide bonds. The van der Waals surface area contributed by atoms with Crippen molar-refractivity contribution < 1.29 is 0 Å². The Hall–Kier alpha value is -2.99. The Bertz CT molecular complexity index is 921. The highest BCUT2D eigenvalue weighted by Crippen LogP contribution is 2.30. The number of fused-ring (bicyclic) bond motifs is 1. The lowest BCUT2D eigenvalue weighted by Gasteiger charge is -2.24. The van der Waals surface area contributed by atoms with E-state index < -0.39 is 0 Å². The zero-order chi connectivity index (χ0) is 18.8. The number of nitrogens with zero attached hydrogens (tertiary/aromatic N) is 4. The van der Waals surface area contributed by atoms with Crippen LogP contribution in [0.15, 0.2) is 48.8 Å². The molecule has 2 heterocycles. The zero-order valence-electron chi connectivity index (χ0n) is 15.7. The van der Waals surface area contributed by atoms with E-state index in [1.54, 1.807) is 12.4 Å². The van der Waals surface area contributed by atoms with Gasteiger partial charge < -0.3 is 16.0 Å². The number of aryl methyl sites for hydroxylation is 1. The molecule has 27 heavy (non-hydrogen) atoms. The number of hydrogen-bond donors (Lipinski definition) is 2. The molecule has 1 aliphatic rings. The SMILES string of the molecule is CN(C)c1ccc(Nc2nc(-c3ccncc3)nc3c2CC(N)CC3)cc1. The maximum absolute atomic E-state index is 6.22. The minimum absolute atomic E-state index is 0.157. The predicted molar refractivity (Wildman–Crippen MR) is 109 cm³/mol. The van der Waals surface area contributed by atoms with Gasteiger partial charge in [0, 0.05) is 60.7 Å². The van der Waals surface area contributed by atoms with Crippen LogP contribution in [0.5, 0.6) is 0 Å². The van der Waals surface area contributed by atoms with Gasteiger partial charge in [0.2, 0.25) is 0 Å². The van der Waals surface area contributed by atoms with Crippen LogP contribution in [-0.2, 0) is 12.8 Å². The molecule has 3 N–H and O–H groups in total. The molecular weight excluding hydrogens is 336 g/mol. The molecule has 4 rings (SSSR count). The fourth-order valence-electron chi connectivity index (χ4n) is 3.35. The van der Waals surface area contributed by atoms with Gasteiger partial charge >= 0.3 is 0 Å². The van der Waals surface area contributed by atoms with E-state index in [1.807, 2.05) is 26.2 Å². The predicted octanol–water partition coefficient (Wildman–Crippen LogP) is 3.16. The molecule has 0 spiro atoms. The maximum Gasteiger partial charge on any atom is 0.161 e. The first kappa shape index (κ1) is 17.4. The van der Waals surface area contributed by atoms with Crippen LogP contribution in [0.25, 0.3) is 11.4 Å². The van der Waals surface area contributed by atoms with Crippen molar-refractivity contribution in [1.29, 1.82) is 0 Å². The lowest BCUT2D eigenvalue weighted by molar-refractivity contribution is 0.566. The summed E-state index contributed by atoms with van der Waals surface area (Å²) < 4.78 is 0. The van der Waals surface area contributed by atoms with Gasteiger partial charge in [-0.1, -0.05) is 0 Å². The molecular formula is C21H24N6. The van der Waals surface area contributed by atoms with Crippen molar-refractivity contribution in [2.75, 3.05) is 24.3 Å². The molecule has 1 unspecified atom stereocenters. The van der Waals surface area contributed by atoms with E-state index in [-0.39, 0.29) is 6.04 Å². The van der Waals surface area contributed by atoms with Gasteiger partial charge in [-0.15, -0.1) is 0 Å². The van der Waals surface area contributed by atoms with E-state index >= 15 is 0 Å². The summed E-state index contributed by atoms with van der Waals surface area (Å²) in [5.41, 5.74) is 11.6. The summed E-state index contributed by atoms with van der Waals surface area (Å²) in [6.45, 7) is 0. The fraction of sp³-hybridized carbons (Fsp3) is 0.286. The lowest BCUT2D eigenvalue weighted by atomic mass is 9.92. The van der Waals surface area contributed by atoms with Crippen molar-refractivity contribution >= 4 is 17.2 Å². The number of hydrogen-bond acceptors (Lipinski definition) is 6. The molecule has 0 saturated heterocycles. The molecule has 0 bridgehead atoms. The van der Waals surface area contributed by atoms with Gasteiger partial charge in [0.25, 0.3) is 0 Å². The van der Waals surface area contributed by atoms with Crippen LogP contribution >= 0.6 is 0 Å². The molecule has 0 aliphatic heterocycles. The fourth-order valence-corrected chi connectivity index (χ4v) is 3.35. The first-order valence-corrected chi connectivity index (χ1v) is 9.20. The third-order valence-electron chi connectivity index (χ3n) is 4.90. The van der Waals surface area contributed by atoms with E-state index in [9.17, 15) is 0 Å². The molecule has 2 aromatic heterocycles. The number of nitrogens with one attached hydrogen (secondary N) is 1. The second-order valence-electron chi connectivity index (χ2n) is 7.13. The summed E-state index contributed by atoms with van der Waals surface area (Å²) >= 11 is 0. The van der Waals surface area contributed by atoms with Crippen LogP contribution in [0.4, 0.5) is 17.2 Å². The first-order chi connectivity index (χ1) is 13.1. The average molecular weight is 360 g/mol. The van der Waals surface area contributed by atoms with Crippen molar-refractivity contribution in [2.45, 2.75) is 25.3 Å². The molecule has 0 radical (unpaired) electrons. The largest absolute Gasteiger partial charge is 0.378 e. The van der Waals surface area contributed by atoms with E-state index in [1.165, 1.54) is 0 Å². The average Bonchev–Trinajstić information content (AvgIpc) is 2.69. The van der Waals surface area contributed by atoms with Gasteiger partial charge in [0.1, 0.15) is 5.82 Å². The number of rotatable bonds is 4. The van der Waals surface area contributed by atoms with E-state index in [0.29, 0.717) is 0 Å². The quantitative estimate of drug-likeness (QED) is 0.744. The number of anilines is 3. The van der Waals surface area contributed by atoms with Crippen molar-refractivity contribution in [3.63, 3.8) is 0 Å². The third kappa shape index (κ3) is 3.75. The second-order valence-corrected chi connectivity index (χ2v) is 7.13. The Morgan fingerprint density at radius 1 is 1.04 bits per heavy atom. The molecule has 6 nitrogen and oxygen atoms in total. The van der Waals surface area contributed by atoms with Gasteiger partial charge in [-0.25, -0.2) is 9.97 Å². The first-order valence-electron chi connectivity index (χ1n) is 9.20. The van der Waals surface area contributed by atoms with Crippen LogP contribution in [0, 0.1) is 0 Å². The van der Waals surface area contributed by atoms with Gasteiger partial charge in [0.05, 0.1) is 0 Å². The Morgan fingerprint density at radius 3 is 2.48 bits per heavy atom. The van der Waals surface area contributed by atoms with Gasteiger partial charge in [-0.2, -0.15) is 0 Å². The lowest BCUT2D eigenvalue weighted by Crippen LogP contribution is -2.29. The minimum atomic E-state index is 0.157. The van der Waals surface area contributed by atoms with Crippen LogP contribution in [0.2, 0.25) is 0 Å². The van der Waals surface area contributed by atoms with Gasteiger partial charge in [-0.05, 0) is 55.7 Å². The molecule has 1 atom stereocenters. The molecule has 0 saturated carbocycles. The van der Waals surface area contributed by atoms with Gasteiger partial charge in [-0.3, -0.25) is 4.98 Å². The normalized spacial score (nSPS) is 15.9. The number of nitrogens with two attached hydrogens (primary N) is 1. The summed E-state index contributed by atoms with van der Waals surface area (Å²) in [5, 5.41) is 3.49. The third-order valence-corrected chi connectivity index (χ3v) is 4.90. The molecule has 1 aliphatic carbocycles. The minimum Gasteiger partial charge on any atom is -0.378 e. The Balaban J connectivity index is 1.73. The standard InChI is InChI=1S/C21H24N6/c1-27(2)17-6-4-16(5-7-17)24-21-18-13-15(22)3-8-19(18)25-20(26-21)14-9-11-23-12-10-14/h4-7,9-12,15H,3,8,13,22H2,1-2H3,(H,24,25,26). The summed E-state index contributed by atoms with van der Waals surface area (Å²) in [6, 6.07) is 12.3. The van der Waals surface area contributed by atoms with Crippen LogP contribution < -0.4 is 16.0 Å². The monoisotopic (exact) mass is 360 g/mol. The summed E-state index contributed by atoms with van der Waals surface area (Å²) in [5.74, 6) is 1.57. The summed E-state index contributed by atoms with van der Waals surface area (Å²) in [4.78, 5) is 15.8. The van der Waals surface area contributed by atoms with Crippen LogP contribution in [0.1, 0.15) is 17.7 Å². The number of aromatic nitrogens is 3. The molecule has 0 fully saturated rings. The second kappa shape index (κ2) is 7.32. The Morgan fingerprint density at radius 2 is 1.78 bits per heavy atom. The summed E-state index contributed by atoms with van der Waals surface area (Å²) in [6.07, 6.45) is 6.16. The molecule has 1 aromatic carbocycles. The maximum atomic E-state index is 6.22. The molecule has 3 aromatic rings. The van der Waals surface area contributed by atoms with E-state index in [4.69, 9.17) is 15.7 Å². The summed E-state index contributed by atoms with van der Waals surface area (Å²) in [7, 11) is 4.07. The Kier molecular flexibility index (Phi) is 4.73. The van der Waals surface area contributed by atoms with Crippen molar-refractivity contribution in [1.82, 2.24) is 15.0 Å². The van der Waals surface area contributed by atoms with Crippen molar-refractivity contribution in [3.05, 3.63) is 60.0 Å². The number of pyridine rings is 1. The van der Waals surface area contributed by atoms with Gasteiger partial charge in [0.15, 0.2) is 5.82 Å². The molecule has 6 heteroatoms. The number of benzene rings is 1. The smallest absolute Gasteiger partial charge is 0.161 e. The van der Waals surface area contributed by atoms with Crippen LogP contribution in [0.3, 0.4) is 0 Å². The zero-order valence-corrected chi connectivity index (χ0v) is 15.7. The highest BCUT2D eigenvalue weighted by Gasteiger charge is 2.22. The topological polar surface area (TPSA) is 80.0 Å². The van der Waals surface area contributed by atoms with Crippen LogP contribution in [-0.4, -0.2) is 35.1 Å². The highest BCUT2D eigenvalue weighted by molar-refractivity contribution is 5.66. The van der Waals surface area contributed by atoms with E-state index in [2.05, 4.69) is 39.5 Å². The Labute approximate surface area is 159 Å². The van der Waals surface area contributed by atoms with Crippen molar-refractivity contribution in [2.24, 2.45) is 5.73 Å². The van der Waals surface area contributed by atoms with Crippen molar-refractivity contribution in [3.8, 4) is 11.4 Å². The van der Waals surface area contributed by atoms with E-state index in [0.717, 1.165) is 59.1 Å². The molecule has 138 valence electrons.